The Hall–Kier alpha value is -2.87. The standard InChI is InChI=1S/C25H25BrN4O2/c26-19-12-22(30-21-8-10-28-25-18(21)5-6-24(25)32)16(14-31)11-23(19)27-9-7-15-13-29-20-4-2-1-3-17(15)20/h1-4,8,10-13,24,27,29,31-32H,5-7,9,14H2,(H,28,30). The predicted molar refractivity (Wildman–Crippen MR) is 131 cm³/mol. The lowest BCUT2D eigenvalue weighted by Gasteiger charge is -2.17. The number of halogens is 1. The summed E-state index contributed by atoms with van der Waals surface area (Å²) in [6, 6.07) is 14.2. The van der Waals surface area contributed by atoms with Crippen LogP contribution in [0.5, 0.6) is 0 Å². The monoisotopic (exact) mass is 492 g/mol. The van der Waals surface area contributed by atoms with Gasteiger partial charge in [-0.2, -0.15) is 0 Å². The van der Waals surface area contributed by atoms with Crippen LogP contribution in [0.4, 0.5) is 17.1 Å². The molecule has 5 rings (SSSR count). The number of aliphatic hydroxyl groups excluding tert-OH is 2. The minimum atomic E-state index is -0.500. The van der Waals surface area contributed by atoms with E-state index in [1.165, 1.54) is 10.9 Å². The Morgan fingerprint density at radius 3 is 2.84 bits per heavy atom. The number of anilines is 3. The highest BCUT2D eigenvalue weighted by Crippen LogP contribution is 2.37. The number of nitrogens with one attached hydrogen (secondary N) is 3. The van der Waals surface area contributed by atoms with E-state index in [-0.39, 0.29) is 6.61 Å². The van der Waals surface area contributed by atoms with Crippen molar-refractivity contribution in [2.24, 2.45) is 0 Å². The lowest BCUT2D eigenvalue weighted by atomic mass is 10.1. The minimum Gasteiger partial charge on any atom is -0.392 e. The molecule has 1 aliphatic carbocycles. The van der Waals surface area contributed by atoms with Gasteiger partial charge in [0.15, 0.2) is 0 Å². The molecule has 1 aliphatic rings. The van der Waals surface area contributed by atoms with Gasteiger partial charge in [-0.05, 0) is 70.6 Å². The third kappa shape index (κ3) is 3.99. The van der Waals surface area contributed by atoms with Gasteiger partial charge in [-0.3, -0.25) is 4.98 Å². The lowest BCUT2D eigenvalue weighted by molar-refractivity contribution is 0.176. The molecular weight excluding hydrogens is 468 g/mol. The van der Waals surface area contributed by atoms with Gasteiger partial charge in [0.25, 0.3) is 0 Å². The maximum absolute atomic E-state index is 10.1. The molecule has 6 nitrogen and oxygen atoms in total. The van der Waals surface area contributed by atoms with Crippen LogP contribution in [0.2, 0.25) is 0 Å². The molecule has 0 radical (unpaired) electrons. The molecule has 2 aromatic carbocycles. The third-order valence-corrected chi connectivity index (χ3v) is 6.75. The van der Waals surface area contributed by atoms with Crippen LogP contribution in [-0.4, -0.2) is 26.7 Å². The second kappa shape index (κ2) is 8.94. The Balaban J connectivity index is 1.32. The number of H-pyrrole nitrogens is 1. The van der Waals surface area contributed by atoms with Gasteiger partial charge < -0.3 is 25.8 Å². The van der Waals surface area contributed by atoms with Crippen LogP contribution in [0.3, 0.4) is 0 Å². The molecule has 5 N–H and O–H groups in total. The largest absolute Gasteiger partial charge is 0.392 e. The summed E-state index contributed by atoms with van der Waals surface area (Å²) in [5.41, 5.74) is 7.71. The molecule has 1 unspecified atom stereocenters. The number of aromatic nitrogens is 2. The summed E-state index contributed by atoms with van der Waals surface area (Å²) in [5.74, 6) is 0. The average Bonchev–Trinajstić information content (AvgIpc) is 3.40. The molecule has 0 fully saturated rings. The maximum Gasteiger partial charge on any atom is 0.0966 e. The van der Waals surface area contributed by atoms with Crippen LogP contribution in [0.15, 0.2) is 59.3 Å². The first kappa shape index (κ1) is 21.0. The Morgan fingerprint density at radius 1 is 1.09 bits per heavy atom. The summed E-state index contributed by atoms with van der Waals surface area (Å²) in [6.45, 7) is 0.691. The maximum atomic E-state index is 10.1. The highest BCUT2D eigenvalue weighted by Gasteiger charge is 2.24. The van der Waals surface area contributed by atoms with Crippen molar-refractivity contribution in [2.75, 3.05) is 17.2 Å². The number of pyridine rings is 1. The first-order valence-corrected chi connectivity index (χ1v) is 11.6. The molecule has 164 valence electrons. The molecule has 0 saturated carbocycles. The number of hydrogen-bond donors (Lipinski definition) is 5. The van der Waals surface area contributed by atoms with Crippen LogP contribution in [-0.2, 0) is 19.4 Å². The van der Waals surface area contributed by atoms with Gasteiger partial charge in [-0.1, -0.05) is 18.2 Å². The second-order valence-electron chi connectivity index (χ2n) is 8.09. The van der Waals surface area contributed by atoms with E-state index in [1.807, 2.05) is 24.3 Å². The van der Waals surface area contributed by atoms with Crippen molar-refractivity contribution in [2.45, 2.75) is 32.0 Å². The molecule has 32 heavy (non-hydrogen) atoms. The fourth-order valence-electron chi connectivity index (χ4n) is 4.41. The van der Waals surface area contributed by atoms with Gasteiger partial charge in [0.05, 0.1) is 18.4 Å². The van der Waals surface area contributed by atoms with E-state index < -0.39 is 6.10 Å². The fourth-order valence-corrected chi connectivity index (χ4v) is 4.89. The van der Waals surface area contributed by atoms with E-state index in [0.29, 0.717) is 6.42 Å². The Bertz CT molecular complexity index is 1270. The SMILES string of the molecule is OCc1cc(NCCc2c[nH]c3ccccc23)c(Br)cc1Nc1ccnc2c1CCC2O. The van der Waals surface area contributed by atoms with Gasteiger partial charge in [0, 0.05) is 56.9 Å². The molecule has 4 aromatic rings. The van der Waals surface area contributed by atoms with Crippen molar-refractivity contribution < 1.29 is 10.2 Å². The van der Waals surface area contributed by atoms with Gasteiger partial charge >= 0.3 is 0 Å². The van der Waals surface area contributed by atoms with E-state index in [0.717, 1.165) is 63.3 Å². The molecular formula is C25H25BrN4O2. The van der Waals surface area contributed by atoms with E-state index in [1.54, 1.807) is 6.20 Å². The van der Waals surface area contributed by atoms with Crippen LogP contribution >= 0.6 is 15.9 Å². The zero-order valence-corrected chi connectivity index (χ0v) is 19.1. The summed E-state index contributed by atoms with van der Waals surface area (Å²) in [5, 5.41) is 28.3. The number of rotatable bonds is 7. The lowest BCUT2D eigenvalue weighted by Crippen LogP contribution is -2.07. The molecule has 0 spiro atoms. The number of para-hydroxylation sites is 1. The molecule has 2 aromatic heterocycles. The van der Waals surface area contributed by atoms with Crippen molar-refractivity contribution in [3.63, 3.8) is 0 Å². The number of fused-ring (bicyclic) bond motifs is 2. The van der Waals surface area contributed by atoms with E-state index >= 15 is 0 Å². The molecule has 0 amide bonds. The van der Waals surface area contributed by atoms with E-state index in [2.05, 4.69) is 60.9 Å². The smallest absolute Gasteiger partial charge is 0.0966 e. The van der Waals surface area contributed by atoms with Crippen molar-refractivity contribution in [1.82, 2.24) is 9.97 Å². The summed E-state index contributed by atoms with van der Waals surface area (Å²) < 4.78 is 0.918. The Morgan fingerprint density at radius 2 is 1.97 bits per heavy atom. The number of hydrogen-bond acceptors (Lipinski definition) is 5. The summed E-state index contributed by atoms with van der Waals surface area (Å²) in [7, 11) is 0. The van der Waals surface area contributed by atoms with Gasteiger partial charge in [0.2, 0.25) is 0 Å². The zero-order chi connectivity index (χ0) is 22.1. The zero-order valence-electron chi connectivity index (χ0n) is 17.5. The van der Waals surface area contributed by atoms with Gasteiger partial charge in [-0.15, -0.1) is 0 Å². The van der Waals surface area contributed by atoms with Crippen LogP contribution in [0, 0.1) is 0 Å². The molecule has 0 bridgehead atoms. The summed E-state index contributed by atoms with van der Waals surface area (Å²) in [6.07, 6.45) is 5.64. The number of aromatic amines is 1. The van der Waals surface area contributed by atoms with Crippen LogP contribution in [0.1, 0.15) is 34.9 Å². The Kier molecular flexibility index (Phi) is 5.87. The number of benzene rings is 2. The van der Waals surface area contributed by atoms with Crippen molar-refractivity contribution in [1.29, 1.82) is 0 Å². The molecule has 0 aliphatic heterocycles. The Labute approximate surface area is 194 Å². The summed E-state index contributed by atoms with van der Waals surface area (Å²) in [4.78, 5) is 7.65. The number of nitrogens with zero attached hydrogens (tertiary/aromatic N) is 1. The first-order chi connectivity index (χ1) is 15.6. The minimum absolute atomic E-state index is 0.0807. The highest BCUT2D eigenvalue weighted by atomic mass is 79.9. The normalized spacial score (nSPS) is 15.2. The van der Waals surface area contributed by atoms with E-state index in [9.17, 15) is 10.2 Å². The quantitative estimate of drug-likeness (QED) is 0.244. The fraction of sp³-hybridized carbons (Fsp3) is 0.240. The van der Waals surface area contributed by atoms with Crippen LogP contribution < -0.4 is 10.6 Å². The third-order valence-electron chi connectivity index (χ3n) is 6.09. The van der Waals surface area contributed by atoms with Crippen LogP contribution in [0.25, 0.3) is 10.9 Å². The van der Waals surface area contributed by atoms with Crippen molar-refractivity contribution in [3.05, 3.63) is 81.7 Å². The van der Waals surface area contributed by atoms with E-state index in [4.69, 9.17) is 0 Å². The molecule has 0 saturated heterocycles. The highest BCUT2D eigenvalue weighted by molar-refractivity contribution is 9.10. The van der Waals surface area contributed by atoms with Crippen molar-refractivity contribution >= 4 is 43.9 Å². The number of aliphatic hydroxyl groups is 2. The topological polar surface area (TPSA) is 93.2 Å². The average molecular weight is 493 g/mol. The predicted octanol–water partition coefficient (Wildman–Crippen LogP) is 5.20. The first-order valence-electron chi connectivity index (χ1n) is 10.8. The van der Waals surface area contributed by atoms with Gasteiger partial charge in [-0.25, -0.2) is 0 Å². The molecule has 1 atom stereocenters. The van der Waals surface area contributed by atoms with Gasteiger partial charge in [0.1, 0.15) is 0 Å². The second-order valence-corrected chi connectivity index (χ2v) is 8.94. The molecule has 2 heterocycles. The van der Waals surface area contributed by atoms with Crippen molar-refractivity contribution in [3.8, 4) is 0 Å². The summed E-state index contributed by atoms with van der Waals surface area (Å²) >= 11 is 3.67. The molecule has 7 heteroatoms.